The summed E-state index contributed by atoms with van der Waals surface area (Å²) in [6.07, 6.45) is -1.12. The number of hydrogen-bond acceptors (Lipinski definition) is 4. The molecule has 3 rings (SSSR count). The van der Waals surface area contributed by atoms with E-state index in [2.05, 4.69) is 5.32 Å². The molecular formula is C25H31ClN2O4. The van der Waals surface area contributed by atoms with Gasteiger partial charge in [-0.05, 0) is 50.1 Å². The number of aliphatic hydroxyl groups excluding tert-OH is 1. The van der Waals surface area contributed by atoms with Crippen molar-refractivity contribution in [3.8, 4) is 0 Å². The van der Waals surface area contributed by atoms with E-state index in [9.17, 15) is 19.8 Å². The minimum absolute atomic E-state index is 0.255. The van der Waals surface area contributed by atoms with Crippen LogP contribution in [-0.4, -0.2) is 51.7 Å². The number of carbonyl (C=O) groups is 2. The van der Waals surface area contributed by atoms with Gasteiger partial charge < -0.3 is 20.4 Å². The second-order valence-corrected chi connectivity index (χ2v) is 10.1. The lowest BCUT2D eigenvalue weighted by atomic mass is 9.66. The number of carbonyl (C=O) groups excluding carboxylic acids is 2. The van der Waals surface area contributed by atoms with Crippen molar-refractivity contribution in [1.29, 1.82) is 0 Å². The number of hydrogen-bond donors (Lipinski definition) is 3. The van der Waals surface area contributed by atoms with Crippen LogP contribution in [0.25, 0.3) is 0 Å². The fraction of sp³-hybridized carbons (Fsp3) is 0.440. The van der Waals surface area contributed by atoms with Crippen LogP contribution in [0.2, 0.25) is 5.02 Å². The second-order valence-electron chi connectivity index (χ2n) is 9.71. The lowest BCUT2D eigenvalue weighted by Gasteiger charge is -2.51. The highest BCUT2D eigenvalue weighted by atomic mass is 35.5. The maximum absolute atomic E-state index is 13.2. The number of nitrogens with one attached hydrogen (secondary N) is 1. The van der Waals surface area contributed by atoms with Gasteiger partial charge in [0, 0.05) is 29.1 Å². The Labute approximate surface area is 194 Å². The van der Waals surface area contributed by atoms with Crippen LogP contribution in [0.4, 0.5) is 0 Å². The Morgan fingerprint density at radius 1 is 1.09 bits per heavy atom. The minimum Gasteiger partial charge on any atom is -0.384 e. The molecule has 2 aromatic rings. The Morgan fingerprint density at radius 2 is 1.69 bits per heavy atom. The first-order valence-electron chi connectivity index (χ1n) is 10.7. The first-order chi connectivity index (χ1) is 14.9. The van der Waals surface area contributed by atoms with E-state index in [0.29, 0.717) is 17.0 Å². The molecule has 32 heavy (non-hydrogen) atoms. The van der Waals surface area contributed by atoms with Crippen LogP contribution in [0.3, 0.4) is 0 Å². The van der Waals surface area contributed by atoms with Crippen molar-refractivity contribution in [2.45, 2.75) is 51.4 Å². The van der Waals surface area contributed by atoms with Crippen molar-refractivity contribution in [3.63, 3.8) is 0 Å². The van der Waals surface area contributed by atoms with E-state index < -0.39 is 28.6 Å². The summed E-state index contributed by atoms with van der Waals surface area (Å²) in [5.74, 6) is -0.840. The molecule has 1 aliphatic heterocycles. The summed E-state index contributed by atoms with van der Waals surface area (Å²) in [6, 6.07) is 15.7. The van der Waals surface area contributed by atoms with Crippen molar-refractivity contribution in [2.24, 2.45) is 5.41 Å². The second kappa shape index (κ2) is 8.85. The number of benzene rings is 2. The molecule has 2 amide bonds. The predicted octanol–water partition coefficient (Wildman–Crippen LogP) is 3.36. The lowest BCUT2D eigenvalue weighted by molar-refractivity contribution is -0.162. The standard InChI is InChI=1S/C25H31ClN2O4/c1-23(2)16-28(15-14-25(23,32)18-10-12-19(26)13-11-18)22(31)20(29)24(3,4)27-21(30)17-8-6-5-7-9-17/h5-13,20,29,32H,14-16H2,1-4H3,(H,27,30)/t20?,25-/m0/s1. The van der Waals surface area contributed by atoms with E-state index in [1.165, 1.54) is 0 Å². The molecule has 0 saturated carbocycles. The molecule has 1 unspecified atom stereocenters. The fourth-order valence-electron chi connectivity index (χ4n) is 4.28. The van der Waals surface area contributed by atoms with Gasteiger partial charge in [0.25, 0.3) is 11.8 Å². The van der Waals surface area contributed by atoms with Crippen LogP contribution in [0, 0.1) is 5.41 Å². The maximum atomic E-state index is 13.2. The van der Waals surface area contributed by atoms with Crippen molar-refractivity contribution in [3.05, 3.63) is 70.7 Å². The Hall–Kier alpha value is -2.41. The smallest absolute Gasteiger partial charge is 0.253 e. The van der Waals surface area contributed by atoms with Gasteiger partial charge in [-0.15, -0.1) is 0 Å². The summed E-state index contributed by atoms with van der Waals surface area (Å²) < 4.78 is 0. The number of piperidine rings is 1. The van der Waals surface area contributed by atoms with Gasteiger partial charge in [0.05, 0.1) is 11.1 Å². The molecule has 0 spiro atoms. The number of rotatable bonds is 5. The summed E-state index contributed by atoms with van der Waals surface area (Å²) in [5, 5.41) is 25.7. The third kappa shape index (κ3) is 4.68. The molecule has 1 heterocycles. The van der Waals surface area contributed by atoms with E-state index in [0.717, 1.165) is 5.56 Å². The normalized spacial score (nSPS) is 21.7. The van der Waals surface area contributed by atoms with E-state index in [1.54, 1.807) is 67.3 Å². The fourth-order valence-corrected chi connectivity index (χ4v) is 4.40. The molecule has 0 bridgehead atoms. The van der Waals surface area contributed by atoms with Crippen LogP contribution in [-0.2, 0) is 10.4 Å². The van der Waals surface area contributed by atoms with Crippen molar-refractivity contribution >= 4 is 23.4 Å². The zero-order valence-electron chi connectivity index (χ0n) is 18.9. The van der Waals surface area contributed by atoms with Crippen LogP contribution >= 0.6 is 11.6 Å². The Balaban J connectivity index is 1.72. The highest BCUT2D eigenvalue weighted by Gasteiger charge is 2.51. The molecule has 7 heteroatoms. The zero-order valence-corrected chi connectivity index (χ0v) is 19.7. The van der Waals surface area contributed by atoms with Crippen LogP contribution in [0.15, 0.2) is 54.6 Å². The average molecular weight is 459 g/mol. The van der Waals surface area contributed by atoms with Gasteiger partial charge in [-0.25, -0.2) is 0 Å². The van der Waals surface area contributed by atoms with E-state index in [1.807, 2.05) is 19.9 Å². The van der Waals surface area contributed by atoms with Gasteiger partial charge in [0.2, 0.25) is 0 Å². The maximum Gasteiger partial charge on any atom is 0.253 e. The summed E-state index contributed by atoms with van der Waals surface area (Å²) in [6.45, 7) is 7.57. The molecule has 0 aromatic heterocycles. The summed E-state index contributed by atoms with van der Waals surface area (Å²) >= 11 is 5.99. The van der Waals surface area contributed by atoms with Crippen LogP contribution in [0.5, 0.6) is 0 Å². The average Bonchev–Trinajstić information content (AvgIpc) is 2.75. The SMILES string of the molecule is CC(C)(NC(=O)c1ccccc1)C(O)C(=O)N1CC[C@](O)(c2ccc(Cl)cc2)C(C)(C)C1. The topological polar surface area (TPSA) is 89.9 Å². The zero-order chi connectivity index (χ0) is 23.7. The van der Waals surface area contributed by atoms with E-state index in [4.69, 9.17) is 11.6 Å². The molecule has 3 N–H and O–H groups in total. The van der Waals surface area contributed by atoms with Gasteiger partial charge in [0.1, 0.15) is 0 Å². The third-order valence-electron chi connectivity index (χ3n) is 6.47. The van der Waals surface area contributed by atoms with Gasteiger partial charge in [-0.3, -0.25) is 9.59 Å². The molecule has 172 valence electrons. The number of aliphatic hydroxyl groups is 2. The van der Waals surface area contributed by atoms with E-state index >= 15 is 0 Å². The predicted molar refractivity (Wildman–Crippen MR) is 124 cm³/mol. The number of nitrogens with zero attached hydrogens (tertiary/aromatic N) is 1. The van der Waals surface area contributed by atoms with Crippen LogP contribution < -0.4 is 5.32 Å². The molecule has 2 aromatic carbocycles. The van der Waals surface area contributed by atoms with Gasteiger partial charge >= 0.3 is 0 Å². The molecule has 2 atom stereocenters. The Morgan fingerprint density at radius 3 is 2.25 bits per heavy atom. The monoisotopic (exact) mass is 458 g/mol. The molecular weight excluding hydrogens is 428 g/mol. The van der Waals surface area contributed by atoms with E-state index in [-0.39, 0.29) is 19.0 Å². The number of likely N-dealkylation sites (tertiary alicyclic amines) is 1. The van der Waals surface area contributed by atoms with Crippen molar-refractivity contribution in [2.75, 3.05) is 13.1 Å². The van der Waals surface area contributed by atoms with Gasteiger partial charge in [-0.1, -0.05) is 55.8 Å². The first kappa shape index (κ1) is 24.2. The molecule has 6 nitrogen and oxygen atoms in total. The number of amides is 2. The molecule has 1 saturated heterocycles. The van der Waals surface area contributed by atoms with Crippen molar-refractivity contribution in [1.82, 2.24) is 10.2 Å². The minimum atomic E-state index is -1.44. The summed E-state index contributed by atoms with van der Waals surface area (Å²) in [4.78, 5) is 27.3. The van der Waals surface area contributed by atoms with Crippen molar-refractivity contribution < 1.29 is 19.8 Å². The Bertz CT molecular complexity index is 975. The summed E-state index contributed by atoms with van der Waals surface area (Å²) in [7, 11) is 0. The number of halogens is 1. The molecule has 1 fully saturated rings. The molecule has 0 radical (unpaired) electrons. The summed E-state index contributed by atoms with van der Waals surface area (Å²) in [5.41, 5.74) is -1.80. The first-order valence-corrected chi connectivity index (χ1v) is 11.1. The third-order valence-corrected chi connectivity index (χ3v) is 6.72. The molecule has 0 aliphatic carbocycles. The van der Waals surface area contributed by atoms with Gasteiger partial charge in [0.15, 0.2) is 6.10 Å². The quantitative estimate of drug-likeness (QED) is 0.640. The van der Waals surface area contributed by atoms with Crippen LogP contribution in [0.1, 0.15) is 50.0 Å². The largest absolute Gasteiger partial charge is 0.384 e. The highest BCUT2D eigenvalue weighted by Crippen LogP contribution is 2.46. The van der Waals surface area contributed by atoms with Gasteiger partial charge in [-0.2, -0.15) is 0 Å². The lowest BCUT2D eigenvalue weighted by Crippen LogP contribution is -2.62. The Kier molecular flexibility index (Phi) is 6.70. The molecule has 1 aliphatic rings. The highest BCUT2D eigenvalue weighted by molar-refractivity contribution is 6.30.